The van der Waals surface area contributed by atoms with E-state index in [1.807, 2.05) is 25.7 Å². The monoisotopic (exact) mass is 242 g/mol. The first-order chi connectivity index (χ1) is 7.83. The van der Waals surface area contributed by atoms with Crippen LogP contribution in [0.1, 0.15) is 41.0 Å². The van der Waals surface area contributed by atoms with Crippen LogP contribution in [-0.2, 0) is 4.74 Å². The zero-order valence-corrected chi connectivity index (χ0v) is 11.7. The molecule has 1 fully saturated rings. The number of nitrogens with zero attached hydrogens (tertiary/aromatic N) is 1. The molecule has 1 aliphatic rings. The number of hydrogen-bond acceptors (Lipinski definition) is 3. The predicted molar refractivity (Wildman–Crippen MR) is 69.1 cm³/mol. The lowest BCUT2D eigenvalue weighted by atomic mass is 9.98. The number of carbonyl (C=O) groups is 1. The van der Waals surface area contributed by atoms with Gasteiger partial charge >= 0.3 is 6.09 Å². The maximum absolute atomic E-state index is 12.0. The van der Waals surface area contributed by atoms with Gasteiger partial charge in [0, 0.05) is 25.7 Å². The average molecular weight is 242 g/mol. The maximum atomic E-state index is 12.0. The Kier molecular flexibility index (Phi) is 4.80. The van der Waals surface area contributed by atoms with Crippen LogP contribution in [0, 0.1) is 5.92 Å². The van der Waals surface area contributed by atoms with E-state index in [1.165, 1.54) is 0 Å². The summed E-state index contributed by atoms with van der Waals surface area (Å²) in [5.41, 5.74) is -0.413. The molecular formula is C13H26N2O2. The second kappa shape index (κ2) is 5.71. The standard InChI is InChI=1S/C13H26N2O2/c1-6-11-9-15(8-7-14-10(11)2)12(16)17-13(3,4)5/h10-11,14H,6-9H2,1-5H3. The van der Waals surface area contributed by atoms with Gasteiger partial charge in [0.25, 0.3) is 0 Å². The van der Waals surface area contributed by atoms with Gasteiger partial charge in [0.2, 0.25) is 0 Å². The summed E-state index contributed by atoms with van der Waals surface area (Å²) in [4.78, 5) is 13.8. The summed E-state index contributed by atoms with van der Waals surface area (Å²) in [5.74, 6) is 0.505. The summed E-state index contributed by atoms with van der Waals surface area (Å²) in [5, 5.41) is 3.44. The van der Waals surface area contributed by atoms with Gasteiger partial charge in [-0.05, 0) is 33.6 Å². The Hall–Kier alpha value is -0.770. The highest BCUT2D eigenvalue weighted by Gasteiger charge is 2.28. The van der Waals surface area contributed by atoms with E-state index >= 15 is 0 Å². The van der Waals surface area contributed by atoms with Crippen LogP contribution in [0.5, 0.6) is 0 Å². The lowest BCUT2D eigenvalue weighted by Crippen LogP contribution is -2.40. The first-order valence-corrected chi connectivity index (χ1v) is 6.54. The zero-order chi connectivity index (χ0) is 13.1. The topological polar surface area (TPSA) is 41.6 Å². The van der Waals surface area contributed by atoms with Crippen LogP contribution in [0.4, 0.5) is 4.79 Å². The molecule has 0 bridgehead atoms. The van der Waals surface area contributed by atoms with Crippen LogP contribution in [0.2, 0.25) is 0 Å². The number of nitrogens with one attached hydrogen (secondary N) is 1. The Labute approximate surface area is 105 Å². The van der Waals surface area contributed by atoms with Crippen molar-refractivity contribution in [1.82, 2.24) is 10.2 Å². The fourth-order valence-corrected chi connectivity index (χ4v) is 2.10. The molecule has 1 heterocycles. The van der Waals surface area contributed by atoms with E-state index in [0.717, 1.165) is 26.1 Å². The number of rotatable bonds is 1. The Balaban J connectivity index is 2.61. The molecule has 1 aliphatic heterocycles. The van der Waals surface area contributed by atoms with Gasteiger partial charge in [-0.15, -0.1) is 0 Å². The molecule has 4 nitrogen and oxygen atoms in total. The highest BCUT2D eigenvalue weighted by molar-refractivity contribution is 5.68. The van der Waals surface area contributed by atoms with Crippen LogP contribution in [0.15, 0.2) is 0 Å². The Morgan fingerprint density at radius 2 is 2.12 bits per heavy atom. The molecule has 2 atom stereocenters. The number of carbonyl (C=O) groups excluding carboxylic acids is 1. The van der Waals surface area contributed by atoms with Gasteiger partial charge in [0.05, 0.1) is 0 Å². The van der Waals surface area contributed by atoms with Crippen molar-refractivity contribution >= 4 is 6.09 Å². The predicted octanol–water partition coefficient (Wildman–Crippen LogP) is 2.24. The fraction of sp³-hybridized carbons (Fsp3) is 0.923. The van der Waals surface area contributed by atoms with Crippen LogP contribution in [-0.4, -0.2) is 42.3 Å². The van der Waals surface area contributed by atoms with Crippen molar-refractivity contribution in [2.45, 2.75) is 52.7 Å². The molecule has 17 heavy (non-hydrogen) atoms. The van der Waals surface area contributed by atoms with E-state index in [4.69, 9.17) is 4.74 Å². The molecule has 4 heteroatoms. The molecule has 0 radical (unpaired) electrons. The Morgan fingerprint density at radius 1 is 1.47 bits per heavy atom. The number of amides is 1. The van der Waals surface area contributed by atoms with E-state index in [9.17, 15) is 4.79 Å². The van der Waals surface area contributed by atoms with Crippen molar-refractivity contribution in [3.05, 3.63) is 0 Å². The first kappa shape index (κ1) is 14.3. The van der Waals surface area contributed by atoms with Crippen molar-refractivity contribution in [2.75, 3.05) is 19.6 Å². The average Bonchev–Trinajstić information content (AvgIpc) is 2.37. The quantitative estimate of drug-likeness (QED) is 0.766. The molecule has 100 valence electrons. The zero-order valence-electron chi connectivity index (χ0n) is 11.7. The molecule has 0 aromatic carbocycles. The maximum Gasteiger partial charge on any atom is 0.410 e. The van der Waals surface area contributed by atoms with Gasteiger partial charge in [-0.3, -0.25) is 0 Å². The first-order valence-electron chi connectivity index (χ1n) is 6.54. The van der Waals surface area contributed by atoms with Crippen LogP contribution in [0.3, 0.4) is 0 Å². The van der Waals surface area contributed by atoms with E-state index in [2.05, 4.69) is 19.2 Å². The molecule has 0 spiro atoms. The van der Waals surface area contributed by atoms with Gasteiger partial charge < -0.3 is 15.0 Å². The summed E-state index contributed by atoms with van der Waals surface area (Å²) in [6.45, 7) is 12.4. The minimum Gasteiger partial charge on any atom is -0.444 e. The molecular weight excluding hydrogens is 216 g/mol. The summed E-state index contributed by atoms with van der Waals surface area (Å²) in [6, 6.07) is 0.465. The number of ether oxygens (including phenoxy) is 1. The summed E-state index contributed by atoms with van der Waals surface area (Å²) < 4.78 is 5.42. The van der Waals surface area contributed by atoms with Crippen molar-refractivity contribution in [2.24, 2.45) is 5.92 Å². The third-order valence-corrected chi connectivity index (χ3v) is 3.19. The molecule has 1 rings (SSSR count). The van der Waals surface area contributed by atoms with Crippen molar-refractivity contribution in [3.8, 4) is 0 Å². The van der Waals surface area contributed by atoms with Crippen LogP contribution < -0.4 is 5.32 Å². The molecule has 1 amide bonds. The van der Waals surface area contributed by atoms with Crippen LogP contribution in [0.25, 0.3) is 0 Å². The van der Waals surface area contributed by atoms with E-state index in [-0.39, 0.29) is 6.09 Å². The SMILES string of the molecule is CCC1CN(C(=O)OC(C)(C)C)CCNC1C. The molecule has 1 saturated heterocycles. The van der Waals surface area contributed by atoms with Gasteiger partial charge in [-0.2, -0.15) is 0 Å². The van der Waals surface area contributed by atoms with E-state index in [0.29, 0.717) is 12.0 Å². The molecule has 0 aromatic heterocycles. The van der Waals surface area contributed by atoms with Gasteiger partial charge in [-0.1, -0.05) is 13.3 Å². The van der Waals surface area contributed by atoms with Gasteiger partial charge in [0.1, 0.15) is 5.60 Å². The molecule has 1 N–H and O–H groups in total. The van der Waals surface area contributed by atoms with Crippen molar-refractivity contribution in [3.63, 3.8) is 0 Å². The van der Waals surface area contributed by atoms with E-state index in [1.54, 1.807) is 0 Å². The molecule has 0 saturated carbocycles. The number of hydrogen-bond donors (Lipinski definition) is 1. The summed E-state index contributed by atoms with van der Waals surface area (Å²) in [6.07, 6.45) is 0.889. The minimum absolute atomic E-state index is 0.188. The molecule has 0 aliphatic carbocycles. The van der Waals surface area contributed by atoms with E-state index < -0.39 is 5.60 Å². The lowest BCUT2D eigenvalue weighted by molar-refractivity contribution is 0.0237. The lowest BCUT2D eigenvalue weighted by Gasteiger charge is -2.28. The van der Waals surface area contributed by atoms with Crippen molar-refractivity contribution < 1.29 is 9.53 Å². The van der Waals surface area contributed by atoms with Gasteiger partial charge in [-0.25, -0.2) is 4.79 Å². The highest BCUT2D eigenvalue weighted by atomic mass is 16.6. The largest absolute Gasteiger partial charge is 0.444 e. The Morgan fingerprint density at radius 3 is 2.65 bits per heavy atom. The second-order valence-corrected chi connectivity index (χ2v) is 5.84. The molecule has 2 unspecified atom stereocenters. The Bertz CT molecular complexity index is 261. The third kappa shape index (κ3) is 4.54. The summed E-state index contributed by atoms with van der Waals surface area (Å²) in [7, 11) is 0. The van der Waals surface area contributed by atoms with Gasteiger partial charge in [0.15, 0.2) is 0 Å². The minimum atomic E-state index is -0.413. The normalized spacial score (nSPS) is 26.5. The van der Waals surface area contributed by atoms with Crippen molar-refractivity contribution in [1.29, 1.82) is 0 Å². The molecule has 0 aromatic rings. The highest BCUT2D eigenvalue weighted by Crippen LogP contribution is 2.16. The second-order valence-electron chi connectivity index (χ2n) is 5.84. The third-order valence-electron chi connectivity index (χ3n) is 3.19. The fourth-order valence-electron chi connectivity index (χ4n) is 2.10. The summed E-state index contributed by atoms with van der Waals surface area (Å²) >= 11 is 0. The smallest absolute Gasteiger partial charge is 0.410 e. The van der Waals surface area contributed by atoms with Crippen LogP contribution >= 0.6 is 0 Å².